The summed E-state index contributed by atoms with van der Waals surface area (Å²) in [4.78, 5) is 13.8. The second kappa shape index (κ2) is 6.65. The molecule has 0 radical (unpaired) electrons. The SMILES string of the molecule is CC(=O)O.Cn1c(-c2ccc(O)cc2)nc2c3ccccc3ccc21. The number of aliphatic carboxylic acids is 1. The molecule has 0 fully saturated rings. The number of nitrogens with zero attached hydrogens (tertiary/aromatic N) is 2. The van der Waals surface area contributed by atoms with Crippen molar-refractivity contribution in [2.24, 2.45) is 7.05 Å². The third kappa shape index (κ3) is 3.30. The Morgan fingerprint density at radius 2 is 1.64 bits per heavy atom. The fraction of sp³-hybridized carbons (Fsp3) is 0.100. The van der Waals surface area contributed by atoms with E-state index in [1.807, 2.05) is 31.3 Å². The van der Waals surface area contributed by atoms with Gasteiger partial charge in [-0.15, -0.1) is 0 Å². The van der Waals surface area contributed by atoms with Crippen LogP contribution in [0.1, 0.15) is 6.92 Å². The molecule has 0 bridgehead atoms. The van der Waals surface area contributed by atoms with E-state index in [1.165, 1.54) is 5.39 Å². The van der Waals surface area contributed by atoms with Gasteiger partial charge in [-0.2, -0.15) is 0 Å². The monoisotopic (exact) mass is 334 g/mol. The number of carboxylic acid groups (broad SMARTS) is 1. The number of fused-ring (bicyclic) bond motifs is 3. The van der Waals surface area contributed by atoms with Crippen LogP contribution in [-0.4, -0.2) is 25.7 Å². The topological polar surface area (TPSA) is 75.3 Å². The van der Waals surface area contributed by atoms with E-state index in [0.29, 0.717) is 0 Å². The molecule has 4 aromatic rings. The van der Waals surface area contributed by atoms with Crippen molar-refractivity contribution in [1.29, 1.82) is 0 Å². The van der Waals surface area contributed by atoms with Gasteiger partial charge in [0, 0.05) is 24.9 Å². The maximum absolute atomic E-state index is 9.43. The van der Waals surface area contributed by atoms with Gasteiger partial charge in [0.25, 0.3) is 5.97 Å². The van der Waals surface area contributed by atoms with Gasteiger partial charge in [-0.3, -0.25) is 4.79 Å². The fourth-order valence-corrected chi connectivity index (χ4v) is 2.80. The molecular weight excluding hydrogens is 316 g/mol. The molecule has 25 heavy (non-hydrogen) atoms. The van der Waals surface area contributed by atoms with Crippen LogP contribution < -0.4 is 0 Å². The van der Waals surface area contributed by atoms with Crippen LogP contribution in [0.25, 0.3) is 33.2 Å². The number of carboxylic acids is 1. The molecule has 1 aromatic heterocycles. The van der Waals surface area contributed by atoms with Crippen molar-refractivity contribution in [3.63, 3.8) is 0 Å². The van der Waals surface area contributed by atoms with Crippen molar-refractivity contribution in [1.82, 2.24) is 9.55 Å². The molecule has 1 heterocycles. The van der Waals surface area contributed by atoms with E-state index < -0.39 is 5.97 Å². The summed E-state index contributed by atoms with van der Waals surface area (Å²) in [5, 5.41) is 19.2. The van der Waals surface area contributed by atoms with Crippen LogP contribution in [0, 0.1) is 0 Å². The summed E-state index contributed by atoms with van der Waals surface area (Å²) in [5.41, 5.74) is 3.12. The Kier molecular flexibility index (Phi) is 4.39. The lowest BCUT2D eigenvalue weighted by Crippen LogP contribution is -1.91. The maximum Gasteiger partial charge on any atom is 0.300 e. The van der Waals surface area contributed by atoms with Crippen LogP contribution in [0.15, 0.2) is 60.7 Å². The smallest absolute Gasteiger partial charge is 0.300 e. The van der Waals surface area contributed by atoms with Crippen LogP contribution in [0.4, 0.5) is 0 Å². The molecule has 0 aliphatic heterocycles. The van der Waals surface area contributed by atoms with Crippen molar-refractivity contribution < 1.29 is 15.0 Å². The summed E-state index contributed by atoms with van der Waals surface area (Å²) in [5.74, 6) is 0.337. The summed E-state index contributed by atoms with van der Waals surface area (Å²) in [7, 11) is 2.02. The number of rotatable bonds is 1. The Hall–Kier alpha value is -3.34. The van der Waals surface area contributed by atoms with Crippen LogP contribution in [-0.2, 0) is 11.8 Å². The normalized spacial score (nSPS) is 10.5. The molecule has 0 atom stereocenters. The maximum atomic E-state index is 9.43. The minimum absolute atomic E-state index is 0.267. The van der Waals surface area contributed by atoms with Gasteiger partial charge in [-0.1, -0.05) is 30.3 Å². The summed E-state index contributed by atoms with van der Waals surface area (Å²) < 4.78 is 2.09. The van der Waals surface area contributed by atoms with Gasteiger partial charge in [0.15, 0.2) is 0 Å². The van der Waals surface area contributed by atoms with Crippen LogP contribution in [0.2, 0.25) is 0 Å². The molecule has 0 unspecified atom stereocenters. The second-order valence-corrected chi connectivity index (χ2v) is 5.71. The Bertz CT molecular complexity index is 1050. The minimum atomic E-state index is -0.833. The van der Waals surface area contributed by atoms with E-state index in [0.717, 1.165) is 34.7 Å². The summed E-state index contributed by atoms with van der Waals surface area (Å²) in [6, 6.07) is 19.7. The number of carbonyl (C=O) groups is 1. The van der Waals surface area contributed by atoms with Gasteiger partial charge < -0.3 is 14.8 Å². The number of imidazole rings is 1. The summed E-state index contributed by atoms with van der Waals surface area (Å²) in [6.45, 7) is 1.08. The highest BCUT2D eigenvalue weighted by atomic mass is 16.4. The third-order valence-corrected chi connectivity index (χ3v) is 3.90. The van der Waals surface area contributed by atoms with Crippen LogP contribution in [0.3, 0.4) is 0 Å². The number of benzene rings is 3. The Morgan fingerprint density at radius 1 is 1.00 bits per heavy atom. The molecule has 2 N–H and O–H groups in total. The molecule has 126 valence electrons. The largest absolute Gasteiger partial charge is 0.508 e. The van der Waals surface area contributed by atoms with Crippen molar-refractivity contribution in [2.75, 3.05) is 0 Å². The van der Waals surface area contributed by atoms with Crippen molar-refractivity contribution in [2.45, 2.75) is 6.92 Å². The first kappa shape index (κ1) is 16.5. The highest BCUT2D eigenvalue weighted by molar-refractivity contribution is 6.05. The Balaban J connectivity index is 0.000000415. The van der Waals surface area contributed by atoms with Gasteiger partial charge in [0.05, 0.1) is 11.0 Å². The number of aromatic hydroxyl groups is 1. The lowest BCUT2D eigenvalue weighted by molar-refractivity contribution is -0.134. The molecular formula is C20H18N2O3. The standard InChI is InChI=1S/C18H14N2O.C2H4O2/c1-20-16-11-8-12-4-2-3-5-15(12)17(16)19-18(20)13-6-9-14(21)10-7-13;1-2(3)4/h2-11,21H,1H3;1H3,(H,3,4). The predicted molar refractivity (Wildman–Crippen MR) is 98.6 cm³/mol. The first-order valence-electron chi connectivity index (χ1n) is 7.80. The third-order valence-electron chi connectivity index (χ3n) is 3.90. The number of aromatic nitrogens is 2. The van der Waals surface area contributed by atoms with Crippen molar-refractivity contribution in [3.8, 4) is 17.1 Å². The van der Waals surface area contributed by atoms with Gasteiger partial charge >= 0.3 is 0 Å². The number of aryl methyl sites for hydroxylation is 1. The number of phenolic OH excluding ortho intramolecular Hbond substituents is 1. The number of hydrogen-bond acceptors (Lipinski definition) is 3. The molecule has 0 saturated carbocycles. The number of hydrogen-bond donors (Lipinski definition) is 2. The fourth-order valence-electron chi connectivity index (χ4n) is 2.80. The first-order valence-corrected chi connectivity index (χ1v) is 7.80. The van der Waals surface area contributed by atoms with E-state index in [1.54, 1.807) is 12.1 Å². The Morgan fingerprint density at radius 3 is 2.32 bits per heavy atom. The van der Waals surface area contributed by atoms with E-state index in [-0.39, 0.29) is 5.75 Å². The average Bonchev–Trinajstić information content (AvgIpc) is 2.92. The molecule has 3 aromatic carbocycles. The van der Waals surface area contributed by atoms with Gasteiger partial charge in [-0.05, 0) is 35.7 Å². The molecule has 4 rings (SSSR count). The summed E-state index contributed by atoms with van der Waals surface area (Å²) in [6.07, 6.45) is 0. The highest BCUT2D eigenvalue weighted by Crippen LogP contribution is 2.29. The molecule has 0 saturated heterocycles. The first-order chi connectivity index (χ1) is 12.0. The van der Waals surface area contributed by atoms with Crippen LogP contribution in [0.5, 0.6) is 5.75 Å². The van der Waals surface area contributed by atoms with Gasteiger partial charge in [0.1, 0.15) is 11.6 Å². The predicted octanol–water partition coefficient (Wildman–Crippen LogP) is 4.19. The Labute approximate surface area is 144 Å². The lowest BCUT2D eigenvalue weighted by atomic mass is 10.1. The van der Waals surface area contributed by atoms with E-state index in [2.05, 4.69) is 28.8 Å². The molecule has 0 aliphatic rings. The van der Waals surface area contributed by atoms with Crippen molar-refractivity contribution >= 4 is 27.8 Å². The second-order valence-electron chi connectivity index (χ2n) is 5.71. The zero-order valence-electron chi connectivity index (χ0n) is 14.0. The van der Waals surface area contributed by atoms with E-state index in [9.17, 15) is 5.11 Å². The highest BCUT2D eigenvalue weighted by Gasteiger charge is 2.11. The van der Waals surface area contributed by atoms with Crippen LogP contribution >= 0.6 is 0 Å². The quantitative estimate of drug-likeness (QED) is 0.547. The molecule has 0 amide bonds. The number of phenols is 1. The zero-order valence-corrected chi connectivity index (χ0v) is 14.0. The van der Waals surface area contributed by atoms with Gasteiger partial charge in [-0.25, -0.2) is 4.98 Å². The molecule has 5 nitrogen and oxygen atoms in total. The lowest BCUT2D eigenvalue weighted by Gasteiger charge is -2.02. The molecule has 0 aliphatic carbocycles. The molecule has 0 spiro atoms. The average molecular weight is 334 g/mol. The minimum Gasteiger partial charge on any atom is -0.508 e. The summed E-state index contributed by atoms with van der Waals surface area (Å²) >= 11 is 0. The van der Waals surface area contributed by atoms with Crippen molar-refractivity contribution in [3.05, 3.63) is 60.7 Å². The van der Waals surface area contributed by atoms with E-state index >= 15 is 0 Å². The van der Waals surface area contributed by atoms with E-state index in [4.69, 9.17) is 14.9 Å². The molecule has 5 heteroatoms. The zero-order chi connectivity index (χ0) is 18.0. The van der Waals surface area contributed by atoms with Gasteiger partial charge in [0.2, 0.25) is 0 Å².